The molecule has 36 heteroatoms. The molecule has 22 nitrogen and oxygen atoms in total. The van der Waals surface area contributed by atoms with Gasteiger partial charge in [-0.3, -0.25) is 29.8 Å². The lowest BCUT2D eigenvalue weighted by Crippen LogP contribution is -2.30. The highest BCUT2D eigenvalue weighted by molar-refractivity contribution is 8.13. The van der Waals surface area contributed by atoms with Gasteiger partial charge in [-0.25, -0.2) is 43.1 Å². The van der Waals surface area contributed by atoms with Gasteiger partial charge in [-0.2, -0.15) is 4.72 Å². The molecule has 14 aromatic rings. The third kappa shape index (κ3) is 31.6. The number of nitrogens with two attached hydrogens (primary N) is 2. The van der Waals surface area contributed by atoms with Crippen molar-refractivity contribution in [3.05, 3.63) is 479 Å². The Labute approximate surface area is 789 Å². The van der Waals surface area contributed by atoms with E-state index < -0.39 is 89.7 Å². The molecule has 0 atom stereocenters. The number of nitrogen functional groups attached to an aromatic ring is 1. The number of amides is 1. The van der Waals surface area contributed by atoms with Gasteiger partial charge in [-0.05, 0) is 152 Å². The fourth-order valence-corrected chi connectivity index (χ4v) is 18.5. The number of nitrogens with zero attached hydrogens (tertiary/aromatic N) is 2. The lowest BCUT2D eigenvalue weighted by atomic mass is 10.00. The summed E-state index contributed by atoms with van der Waals surface area (Å²) in [6.07, 6.45) is 0. The number of benzene rings is 14. The molecule has 0 aliphatic rings. The lowest BCUT2D eigenvalue weighted by molar-refractivity contribution is -0.385. The number of sulfonamides is 3. The number of nitro groups is 2. The Morgan fingerprint density at radius 2 is 0.641 bits per heavy atom. The number of anilines is 2. The number of nitrogens with one attached hydrogen (secondary N) is 4. The van der Waals surface area contributed by atoms with E-state index >= 15 is 0 Å². The molecular weight excluding hydrogens is 1920 g/mol. The van der Waals surface area contributed by atoms with E-state index in [4.69, 9.17) is 127 Å². The van der Waals surface area contributed by atoms with Crippen LogP contribution in [0.4, 0.5) is 22.7 Å². The molecule has 0 bridgehead atoms. The van der Waals surface area contributed by atoms with Crippen molar-refractivity contribution in [2.24, 2.45) is 5.73 Å². The molecule has 14 rings (SSSR count). The molecule has 0 fully saturated rings. The van der Waals surface area contributed by atoms with Crippen LogP contribution in [-0.2, 0) is 50.6 Å². The molecule has 0 heterocycles. The molecular formula is C92H74Cl10N8O14S4. The summed E-state index contributed by atoms with van der Waals surface area (Å²) in [6, 6.07) is 99.3. The van der Waals surface area contributed by atoms with Gasteiger partial charge in [0.05, 0.1) is 76.7 Å². The molecule has 0 aliphatic carbocycles. The smallest absolute Gasteiger partial charge is 0.289 e. The van der Waals surface area contributed by atoms with Crippen molar-refractivity contribution in [3.63, 3.8) is 0 Å². The third-order valence-electron chi connectivity index (χ3n) is 18.1. The number of hydrogen-bond donors (Lipinski definition) is 6. The number of carbonyl (C=O) groups is 2. The normalized spacial score (nSPS) is 11.2. The average molecular weight is 2000 g/mol. The van der Waals surface area contributed by atoms with E-state index in [9.17, 15) is 63.5 Å². The van der Waals surface area contributed by atoms with E-state index in [2.05, 4.69) is 43.7 Å². The van der Waals surface area contributed by atoms with Gasteiger partial charge in [-0.1, -0.05) is 348 Å². The third-order valence-corrected chi connectivity index (χ3v) is 25.9. The summed E-state index contributed by atoms with van der Waals surface area (Å²) in [6.45, 7) is 0. The number of carbonyl (C=O) groups excluding carboxylic acids is 2. The molecule has 0 aliphatic heterocycles. The van der Waals surface area contributed by atoms with Crippen molar-refractivity contribution in [2.45, 2.75) is 45.5 Å². The van der Waals surface area contributed by atoms with Crippen LogP contribution in [-0.4, -0.2) is 54.7 Å². The first-order valence-corrected chi connectivity index (χ1v) is 48.1. The Bertz CT molecular complexity index is 6450. The van der Waals surface area contributed by atoms with Crippen LogP contribution in [0.25, 0.3) is 0 Å². The quantitative estimate of drug-likeness (QED) is 0.0134. The Morgan fingerprint density at radius 1 is 0.344 bits per heavy atom. The Morgan fingerprint density at radius 3 is 0.977 bits per heavy atom. The predicted molar refractivity (Wildman–Crippen MR) is 513 cm³/mol. The number of hydrogen-bond acceptors (Lipinski definition) is 16. The maximum absolute atomic E-state index is 13.4. The fourth-order valence-electron chi connectivity index (χ4n) is 12.0. The standard InChI is InChI=1S/C26H19Cl3N2O3S.C20H17ClN2O4S.C20H19ClN2O2S.C13H13N.C7H3Cl3O.C6H3Cl2NO4S/c27-20-13-19(14-21(28)15-20)26(32)30-24-16-22(11-12-23(24)29)35(33,34)31-25(17-7-3-1-4-8-17)18-9-5-2-6-10-18;21-18-12-11-15(13-19(18)23(24)25)14-28(26,27)22-20(16-7-3-1-4-8-16)17-9-5-2-6-10-17;21-18-12-11-15(13-19(18)22)14-26(24,25)23-20(16-7-3-1-4-8-16)17-9-5-2-6-10-17;14-13(11-7-3-1-4-8-11)12-9-5-2-6-10-12;8-5-1-4(7(10)11)2-6(9)3-5;7-5-2-1-4(14(8,12)13)3-6(5)9(10)11/h1-16,25,31H,(H,30,32);1-13,20,22H,14H2;1-13,20,23H,14,22H2;1-10,13H,14H2;1-3H;1-3H. The summed E-state index contributed by atoms with van der Waals surface area (Å²) < 4.78 is 108. The Kier molecular flexibility index (Phi) is 38.0. The summed E-state index contributed by atoms with van der Waals surface area (Å²) in [5, 5.41) is 25.3. The van der Waals surface area contributed by atoms with Crippen molar-refractivity contribution in [3.8, 4) is 0 Å². The monoisotopic (exact) mass is 1990 g/mol. The van der Waals surface area contributed by atoms with Gasteiger partial charge in [0.15, 0.2) is 0 Å². The van der Waals surface area contributed by atoms with Crippen molar-refractivity contribution >= 4 is 188 Å². The maximum Gasteiger partial charge on any atom is 0.289 e. The van der Waals surface area contributed by atoms with Crippen LogP contribution in [0.15, 0.2) is 362 Å². The molecule has 0 unspecified atom stereocenters. The zero-order chi connectivity index (χ0) is 92.9. The minimum absolute atomic E-state index is 0.0163. The lowest BCUT2D eigenvalue weighted by Gasteiger charge is -2.20. The van der Waals surface area contributed by atoms with Gasteiger partial charge in [0.25, 0.3) is 31.6 Å². The van der Waals surface area contributed by atoms with Crippen LogP contribution in [0.2, 0.25) is 40.2 Å². The van der Waals surface area contributed by atoms with Crippen molar-refractivity contribution < 1.29 is 53.1 Å². The Hall–Kier alpha value is -10.6. The van der Waals surface area contributed by atoms with Gasteiger partial charge in [-0.15, -0.1) is 0 Å². The van der Waals surface area contributed by atoms with E-state index in [1.54, 1.807) is 18.2 Å². The van der Waals surface area contributed by atoms with Gasteiger partial charge in [0.1, 0.15) is 10.0 Å². The zero-order valence-electron chi connectivity index (χ0n) is 66.4. The predicted octanol–water partition coefficient (Wildman–Crippen LogP) is 23.8. The van der Waals surface area contributed by atoms with Gasteiger partial charge in [0, 0.05) is 54.0 Å². The molecule has 1 amide bonds. The second kappa shape index (κ2) is 48.1. The topological polar surface area (TPSA) is 357 Å². The average Bonchev–Trinajstić information content (AvgIpc) is 0.789. The molecule has 14 aromatic carbocycles. The molecule has 0 saturated heterocycles. The van der Waals surface area contributed by atoms with Crippen LogP contribution in [0.3, 0.4) is 0 Å². The summed E-state index contributed by atoms with van der Waals surface area (Å²) >= 11 is 51.8. The summed E-state index contributed by atoms with van der Waals surface area (Å²) in [5.41, 5.74) is 20.1. The van der Waals surface area contributed by atoms with E-state index in [-0.39, 0.29) is 59.2 Å². The van der Waals surface area contributed by atoms with Crippen LogP contribution in [0.5, 0.6) is 0 Å². The first-order chi connectivity index (χ1) is 60.8. The molecule has 0 saturated carbocycles. The van der Waals surface area contributed by atoms with Gasteiger partial charge >= 0.3 is 0 Å². The highest BCUT2D eigenvalue weighted by atomic mass is 35.7. The Balaban J connectivity index is 0.000000181. The number of halogens is 10. The number of nitro benzene ring substituents is 2. The zero-order valence-corrected chi connectivity index (χ0v) is 77.2. The fraction of sp³-hybridized carbons (Fsp3) is 0.0652. The second-order valence-corrected chi connectivity index (χ2v) is 38.8. The number of rotatable bonds is 25. The molecule has 0 aromatic heterocycles. The minimum atomic E-state index is -4.01. The largest absolute Gasteiger partial charge is 0.398 e. The van der Waals surface area contributed by atoms with Crippen LogP contribution in [0.1, 0.15) is 101 Å². The summed E-state index contributed by atoms with van der Waals surface area (Å²) in [5.74, 6) is -1.11. The van der Waals surface area contributed by atoms with E-state index in [0.717, 1.165) is 62.7 Å². The van der Waals surface area contributed by atoms with Gasteiger partial charge in [0.2, 0.25) is 30.1 Å². The molecule has 8 N–H and O–H groups in total. The first kappa shape index (κ1) is 101. The second-order valence-electron chi connectivity index (χ2n) is 27.3. The van der Waals surface area contributed by atoms with Crippen LogP contribution < -0.4 is 31.0 Å². The van der Waals surface area contributed by atoms with Crippen molar-refractivity contribution in [1.82, 2.24) is 14.2 Å². The minimum Gasteiger partial charge on any atom is -0.398 e. The SMILES string of the molecule is NC(c1ccccc1)c1ccccc1.Nc1cc(CS(=O)(=O)NC(c2ccccc2)c2ccccc2)ccc1Cl.O=C(Cl)c1cc(Cl)cc(Cl)c1.O=C(Nc1cc(S(=O)(=O)NC(c2ccccc2)c2ccccc2)ccc1Cl)c1cc(Cl)cc(Cl)c1.O=[N+]([O-])c1cc(CS(=O)(=O)NC(c2ccccc2)c2ccccc2)ccc1Cl.O=[N+]([O-])c1cc(S(=O)(=O)Cl)ccc1Cl. The van der Waals surface area contributed by atoms with Crippen LogP contribution in [0, 0.1) is 20.2 Å². The van der Waals surface area contributed by atoms with Crippen molar-refractivity contribution in [1.29, 1.82) is 0 Å². The highest BCUT2D eigenvalue weighted by Gasteiger charge is 2.28. The van der Waals surface area contributed by atoms with Gasteiger partial charge < -0.3 is 16.8 Å². The highest BCUT2D eigenvalue weighted by Crippen LogP contribution is 2.35. The first-order valence-electron chi connectivity index (χ1n) is 37.6. The van der Waals surface area contributed by atoms with Crippen molar-refractivity contribution in [2.75, 3.05) is 11.1 Å². The van der Waals surface area contributed by atoms with E-state index in [1.165, 1.54) is 72.8 Å². The van der Waals surface area contributed by atoms with E-state index in [1.807, 2.05) is 218 Å². The molecule has 0 spiro atoms. The summed E-state index contributed by atoms with van der Waals surface area (Å²) in [4.78, 5) is 42.9. The molecule has 660 valence electrons. The van der Waals surface area contributed by atoms with Crippen LogP contribution >= 0.6 is 115 Å². The molecule has 128 heavy (non-hydrogen) atoms. The summed E-state index contributed by atoms with van der Waals surface area (Å²) in [7, 11) is -10.4. The maximum atomic E-state index is 13.4. The molecule has 0 radical (unpaired) electrons. The van der Waals surface area contributed by atoms with E-state index in [0.29, 0.717) is 41.9 Å².